The predicted molar refractivity (Wildman–Crippen MR) is 114 cm³/mol. The van der Waals surface area contributed by atoms with Crippen LogP contribution in [0.5, 0.6) is 0 Å². The molecule has 2 aliphatic carbocycles. The van der Waals surface area contributed by atoms with Gasteiger partial charge in [-0.1, -0.05) is 12.8 Å². The molecule has 1 aromatic carbocycles. The first-order valence-electron chi connectivity index (χ1n) is 11.3. The number of benzene rings is 1. The molecule has 3 fully saturated rings. The van der Waals surface area contributed by atoms with Crippen molar-refractivity contribution in [2.24, 2.45) is 13.0 Å². The van der Waals surface area contributed by atoms with Crippen LogP contribution in [0.25, 0.3) is 11.0 Å². The van der Waals surface area contributed by atoms with Crippen LogP contribution in [0.1, 0.15) is 80.1 Å². The average molecular weight is 411 g/mol. The molecule has 0 bridgehead atoms. The molecule has 3 aliphatic rings. The molecular formula is C23H30N4O3. The number of aryl methyl sites for hydroxylation is 1. The summed E-state index contributed by atoms with van der Waals surface area (Å²) < 4.78 is 7.82. The minimum absolute atomic E-state index is 0.0186. The van der Waals surface area contributed by atoms with Gasteiger partial charge in [0.2, 0.25) is 5.91 Å². The highest BCUT2D eigenvalue weighted by atomic mass is 16.5. The largest absolute Gasteiger partial charge is 0.370 e. The van der Waals surface area contributed by atoms with Crippen LogP contribution in [-0.4, -0.2) is 34.0 Å². The van der Waals surface area contributed by atoms with Crippen LogP contribution < -0.4 is 10.6 Å². The summed E-state index contributed by atoms with van der Waals surface area (Å²) in [6, 6.07) is 3.95. The number of carbonyl (C=O) groups is 2. The number of hydrogen-bond donors (Lipinski definition) is 2. The third kappa shape index (κ3) is 3.95. The zero-order valence-electron chi connectivity index (χ0n) is 17.6. The van der Waals surface area contributed by atoms with E-state index in [0.717, 1.165) is 62.0 Å². The van der Waals surface area contributed by atoms with Gasteiger partial charge in [0.25, 0.3) is 5.91 Å². The first-order valence-corrected chi connectivity index (χ1v) is 11.3. The minimum atomic E-state index is -0.101. The Morgan fingerprint density at radius 2 is 1.93 bits per heavy atom. The fraction of sp³-hybridized carbons (Fsp3) is 0.609. The van der Waals surface area contributed by atoms with Crippen molar-refractivity contribution >= 4 is 28.5 Å². The second-order valence-corrected chi connectivity index (χ2v) is 9.07. The SMILES string of the molecule is Cn1c([C@@H]2CCCO2)nc2cc(NC(=O)CC3CCCC3)cc(C(=O)NC3CC3)c21. The third-order valence-corrected chi connectivity index (χ3v) is 6.61. The van der Waals surface area contributed by atoms with Crippen molar-refractivity contribution < 1.29 is 14.3 Å². The maximum absolute atomic E-state index is 13.0. The third-order valence-electron chi connectivity index (χ3n) is 6.61. The Morgan fingerprint density at radius 3 is 2.63 bits per heavy atom. The van der Waals surface area contributed by atoms with E-state index in [-0.39, 0.29) is 24.0 Å². The zero-order chi connectivity index (χ0) is 20.7. The van der Waals surface area contributed by atoms with Gasteiger partial charge < -0.3 is 19.9 Å². The van der Waals surface area contributed by atoms with E-state index < -0.39 is 0 Å². The van der Waals surface area contributed by atoms with E-state index in [1.165, 1.54) is 12.8 Å². The van der Waals surface area contributed by atoms with Gasteiger partial charge in [0.1, 0.15) is 11.9 Å². The molecule has 2 N–H and O–H groups in total. The Morgan fingerprint density at radius 1 is 1.13 bits per heavy atom. The Hall–Kier alpha value is -2.41. The molecule has 1 saturated heterocycles. The number of anilines is 1. The van der Waals surface area contributed by atoms with E-state index in [2.05, 4.69) is 10.6 Å². The number of hydrogen-bond acceptors (Lipinski definition) is 4. The monoisotopic (exact) mass is 410 g/mol. The van der Waals surface area contributed by atoms with Gasteiger partial charge in [0.15, 0.2) is 0 Å². The number of fused-ring (bicyclic) bond motifs is 1. The van der Waals surface area contributed by atoms with Crippen molar-refractivity contribution in [1.29, 1.82) is 0 Å². The van der Waals surface area contributed by atoms with Gasteiger partial charge in [-0.15, -0.1) is 0 Å². The molecule has 5 rings (SSSR count). The molecule has 2 saturated carbocycles. The van der Waals surface area contributed by atoms with Gasteiger partial charge in [-0.05, 0) is 56.6 Å². The van der Waals surface area contributed by atoms with E-state index in [0.29, 0.717) is 23.6 Å². The number of ether oxygens (including phenoxy) is 1. The van der Waals surface area contributed by atoms with Crippen molar-refractivity contribution in [1.82, 2.24) is 14.9 Å². The van der Waals surface area contributed by atoms with E-state index in [1.807, 2.05) is 17.7 Å². The molecule has 0 radical (unpaired) electrons. The molecule has 160 valence electrons. The van der Waals surface area contributed by atoms with Crippen molar-refractivity contribution in [2.45, 2.75) is 69.9 Å². The maximum atomic E-state index is 13.0. The molecule has 7 nitrogen and oxygen atoms in total. The van der Waals surface area contributed by atoms with Crippen molar-refractivity contribution in [3.63, 3.8) is 0 Å². The van der Waals surface area contributed by atoms with Gasteiger partial charge >= 0.3 is 0 Å². The van der Waals surface area contributed by atoms with Gasteiger partial charge in [-0.3, -0.25) is 9.59 Å². The summed E-state index contributed by atoms with van der Waals surface area (Å²) in [6.07, 6.45) is 9.21. The number of amides is 2. The van der Waals surface area contributed by atoms with Gasteiger partial charge in [-0.25, -0.2) is 4.98 Å². The first kappa shape index (κ1) is 19.5. The summed E-state index contributed by atoms with van der Waals surface area (Å²) in [5.74, 6) is 1.24. The minimum Gasteiger partial charge on any atom is -0.370 e. The maximum Gasteiger partial charge on any atom is 0.253 e. The summed E-state index contributed by atoms with van der Waals surface area (Å²) in [4.78, 5) is 30.4. The molecule has 30 heavy (non-hydrogen) atoms. The number of nitrogens with one attached hydrogen (secondary N) is 2. The summed E-state index contributed by atoms with van der Waals surface area (Å²) in [5, 5.41) is 6.11. The van der Waals surface area contributed by atoms with Gasteiger partial charge in [0.05, 0.1) is 16.6 Å². The van der Waals surface area contributed by atoms with Crippen LogP contribution in [-0.2, 0) is 16.6 Å². The fourth-order valence-corrected chi connectivity index (χ4v) is 4.86. The number of carbonyl (C=O) groups excluding carboxylic acids is 2. The van der Waals surface area contributed by atoms with Gasteiger partial charge in [0, 0.05) is 31.8 Å². The Bertz CT molecular complexity index is 966. The lowest BCUT2D eigenvalue weighted by molar-refractivity contribution is -0.117. The lowest BCUT2D eigenvalue weighted by Crippen LogP contribution is -2.26. The number of nitrogens with zero attached hydrogens (tertiary/aromatic N) is 2. The van der Waals surface area contributed by atoms with E-state index in [4.69, 9.17) is 9.72 Å². The number of rotatable bonds is 6. The quantitative estimate of drug-likeness (QED) is 0.758. The normalized spacial score (nSPS) is 22.0. The molecule has 0 unspecified atom stereocenters. The van der Waals surface area contributed by atoms with Crippen LogP contribution in [0.15, 0.2) is 12.1 Å². The van der Waals surface area contributed by atoms with Crippen LogP contribution in [0.2, 0.25) is 0 Å². The Kier molecular flexibility index (Phi) is 5.23. The van der Waals surface area contributed by atoms with E-state index >= 15 is 0 Å². The molecule has 1 atom stereocenters. The Labute approximate surface area is 176 Å². The second kappa shape index (κ2) is 8.02. The molecule has 7 heteroatoms. The zero-order valence-corrected chi connectivity index (χ0v) is 17.6. The molecule has 0 spiro atoms. The summed E-state index contributed by atoms with van der Waals surface area (Å²) >= 11 is 0. The lowest BCUT2D eigenvalue weighted by atomic mass is 10.0. The smallest absolute Gasteiger partial charge is 0.253 e. The highest BCUT2D eigenvalue weighted by molar-refractivity contribution is 6.08. The molecule has 2 aromatic rings. The van der Waals surface area contributed by atoms with Crippen molar-refractivity contribution in [3.05, 3.63) is 23.5 Å². The first-order chi connectivity index (χ1) is 14.6. The lowest BCUT2D eigenvalue weighted by Gasteiger charge is -2.13. The second-order valence-electron chi connectivity index (χ2n) is 9.07. The standard InChI is InChI=1S/C23H30N4O3/c1-27-21-17(23(29)25-15-8-9-15)12-16(24-20(28)11-14-5-2-3-6-14)13-18(21)26-22(27)19-7-4-10-30-19/h12-15,19H,2-11H2,1H3,(H,24,28)(H,25,29)/t19-/m0/s1. The van der Waals surface area contributed by atoms with E-state index in [9.17, 15) is 9.59 Å². The van der Waals surface area contributed by atoms with Crippen molar-refractivity contribution in [2.75, 3.05) is 11.9 Å². The Balaban J connectivity index is 1.47. The van der Waals surface area contributed by atoms with Crippen molar-refractivity contribution in [3.8, 4) is 0 Å². The number of imidazole rings is 1. The topological polar surface area (TPSA) is 85.2 Å². The van der Waals surface area contributed by atoms with Crippen LogP contribution >= 0.6 is 0 Å². The molecule has 2 amide bonds. The predicted octanol–water partition coefficient (Wildman–Crippen LogP) is 3.84. The number of aromatic nitrogens is 2. The summed E-state index contributed by atoms with van der Waals surface area (Å²) in [6.45, 7) is 0.741. The summed E-state index contributed by atoms with van der Waals surface area (Å²) in [5.41, 5.74) is 2.73. The van der Waals surface area contributed by atoms with Crippen LogP contribution in [0.3, 0.4) is 0 Å². The van der Waals surface area contributed by atoms with E-state index in [1.54, 1.807) is 6.07 Å². The fourth-order valence-electron chi connectivity index (χ4n) is 4.86. The molecular weight excluding hydrogens is 380 g/mol. The van der Waals surface area contributed by atoms with Gasteiger partial charge in [-0.2, -0.15) is 0 Å². The highest BCUT2D eigenvalue weighted by Gasteiger charge is 2.29. The summed E-state index contributed by atoms with van der Waals surface area (Å²) in [7, 11) is 1.94. The highest BCUT2D eigenvalue weighted by Crippen LogP contribution is 2.33. The average Bonchev–Trinajstić information content (AvgIpc) is 3.12. The molecule has 1 aromatic heterocycles. The molecule has 2 heterocycles. The molecule has 1 aliphatic heterocycles. The van der Waals surface area contributed by atoms with Crippen LogP contribution in [0.4, 0.5) is 5.69 Å². The van der Waals surface area contributed by atoms with Crippen LogP contribution in [0, 0.1) is 5.92 Å².